The number of nitrogens with one attached hydrogen (secondary N) is 1. The Bertz CT molecular complexity index is 1230. The molecule has 182 valence electrons. The van der Waals surface area contributed by atoms with E-state index in [2.05, 4.69) is 41.9 Å². The summed E-state index contributed by atoms with van der Waals surface area (Å²) in [6, 6.07) is 14.5. The van der Waals surface area contributed by atoms with Crippen molar-refractivity contribution in [1.82, 2.24) is 4.98 Å². The van der Waals surface area contributed by atoms with Gasteiger partial charge in [-0.1, -0.05) is 29.8 Å². The van der Waals surface area contributed by atoms with E-state index in [4.69, 9.17) is 14.5 Å². The van der Waals surface area contributed by atoms with Crippen LogP contribution in [0.3, 0.4) is 0 Å². The molecule has 0 unspecified atom stereocenters. The van der Waals surface area contributed by atoms with Gasteiger partial charge in [0.25, 0.3) is 5.91 Å². The van der Waals surface area contributed by atoms with Crippen LogP contribution in [0.2, 0.25) is 0 Å². The lowest BCUT2D eigenvalue weighted by Gasteiger charge is -2.62. The van der Waals surface area contributed by atoms with Crippen molar-refractivity contribution >= 4 is 22.4 Å². The molecule has 2 atom stereocenters. The molecule has 1 amide bonds. The number of anilines is 1. The molecule has 35 heavy (non-hydrogen) atoms. The lowest BCUT2D eigenvalue weighted by molar-refractivity contribution is -0.0296. The molecular formula is C29H32N2O3S. The highest BCUT2D eigenvalue weighted by Crippen LogP contribution is 2.66. The Hall–Kier alpha value is -2.86. The summed E-state index contributed by atoms with van der Waals surface area (Å²) in [6.45, 7) is 2.16. The first kappa shape index (κ1) is 22.6. The number of carbonyl (C=O) groups is 1. The zero-order valence-corrected chi connectivity index (χ0v) is 21.4. The molecule has 4 fully saturated rings. The van der Waals surface area contributed by atoms with Crippen LogP contribution in [0.4, 0.5) is 5.13 Å². The SMILES string of the molecule is COc1cc(OC)cc(C(=O)Nc2nc(C34C[C@H]5C[C@@H](CC(c6ccc(C)cc6)(C5)C3)C4)cs2)c1. The average molecular weight is 489 g/mol. The number of aromatic nitrogens is 1. The standard InChI is InChI=1S/C29H32N2O3S/c1-18-4-6-22(7-5-18)28-12-19-8-20(13-28)15-29(14-19,17-28)25-16-35-27(30-25)31-26(32)21-9-23(33-2)11-24(10-21)34-3/h4-7,9-11,16,19-20H,8,12-15,17H2,1-3H3,(H,30,31,32)/t19-,20-,28?,29?/m0/s1. The van der Waals surface area contributed by atoms with Gasteiger partial charge in [0.05, 0.1) is 19.9 Å². The van der Waals surface area contributed by atoms with Crippen molar-refractivity contribution < 1.29 is 14.3 Å². The van der Waals surface area contributed by atoms with Crippen LogP contribution < -0.4 is 14.8 Å². The van der Waals surface area contributed by atoms with E-state index < -0.39 is 0 Å². The van der Waals surface area contributed by atoms with Gasteiger partial charge in [-0.2, -0.15) is 0 Å². The van der Waals surface area contributed by atoms with Crippen LogP contribution in [0.25, 0.3) is 0 Å². The van der Waals surface area contributed by atoms with E-state index in [1.54, 1.807) is 32.4 Å². The molecule has 1 aromatic heterocycles. The van der Waals surface area contributed by atoms with Crippen molar-refractivity contribution in [3.63, 3.8) is 0 Å². The van der Waals surface area contributed by atoms with Crippen molar-refractivity contribution in [2.45, 2.75) is 56.3 Å². The maximum absolute atomic E-state index is 13.0. The van der Waals surface area contributed by atoms with Gasteiger partial charge in [-0.15, -0.1) is 11.3 Å². The quantitative estimate of drug-likeness (QED) is 0.430. The summed E-state index contributed by atoms with van der Waals surface area (Å²) in [5, 5.41) is 5.87. The van der Waals surface area contributed by atoms with Gasteiger partial charge < -0.3 is 9.47 Å². The third kappa shape index (κ3) is 3.92. The Morgan fingerprint density at radius 1 is 0.971 bits per heavy atom. The topological polar surface area (TPSA) is 60.5 Å². The molecule has 4 bridgehead atoms. The molecule has 0 saturated heterocycles. The molecule has 1 N–H and O–H groups in total. The molecular weight excluding hydrogens is 456 g/mol. The van der Waals surface area contributed by atoms with Gasteiger partial charge in [-0.25, -0.2) is 4.98 Å². The van der Waals surface area contributed by atoms with Gasteiger partial charge in [0.1, 0.15) is 11.5 Å². The number of methoxy groups -OCH3 is 2. The summed E-state index contributed by atoms with van der Waals surface area (Å²) in [6.07, 6.45) is 7.59. The van der Waals surface area contributed by atoms with Gasteiger partial charge >= 0.3 is 0 Å². The zero-order chi connectivity index (χ0) is 24.2. The Morgan fingerprint density at radius 3 is 2.23 bits per heavy atom. The second-order valence-corrected chi connectivity index (χ2v) is 11.8. The van der Waals surface area contributed by atoms with Crippen LogP contribution in [0.1, 0.15) is 65.7 Å². The minimum absolute atomic E-state index is 0.119. The minimum atomic E-state index is -0.204. The highest BCUT2D eigenvalue weighted by Gasteiger charge is 2.59. The molecule has 7 rings (SSSR count). The molecule has 4 aliphatic rings. The van der Waals surface area contributed by atoms with E-state index in [1.807, 2.05) is 0 Å². The van der Waals surface area contributed by atoms with Crippen molar-refractivity contribution in [2.75, 3.05) is 19.5 Å². The summed E-state index contributed by atoms with van der Waals surface area (Å²) in [5.41, 5.74) is 4.88. The Labute approximate surface area is 210 Å². The summed E-state index contributed by atoms with van der Waals surface area (Å²) in [7, 11) is 3.16. The van der Waals surface area contributed by atoms with Crippen molar-refractivity contribution in [1.29, 1.82) is 0 Å². The van der Waals surface area contributed by atoms with Gasteiger partial charge in [-0.3, -0.25) is 10.1 Å². The van der Waals surface area contributed by atoms with Crippen LogP contribution >= 0.6 is 11.3 Å². The van der Waals surface area contributed by atoms with Crippen LogP contribution in [0.5, 0.6) is 11.5 Å². The molecule has 4 saturated carbocycles. The molecule has 0 aliphatic heterocycles. The van der Waals surface area contributed by atoms with E-state index in [-0.39, 0.29) is 16.7 Å². The number of hydrogen-bond acceptors (Lipinski definition) is 5. The summed E-state index contributed by atoms with van der Waals surface area (Å²) in [5.74, 6) is 2.50. The number of nitrogens with zero attached hydrogens (tertiary/aromatic N) is 1. The predicted molar refractivity (Wildman–Crippen MR) is 139 cm³/mol. The van der Waals surface area contributed by atoms with Crippen molar-refractivity contribution in [2.24, 2.45) is 11.8 Å². The number of carbonyl (C=O) groups excluding carboxylic acids is 1. The van der Waals surface area contributed by atoms with Gasteiger partial charge in [0.2, 0.25) is 0 Å². The monoisotopic (exact) mass is 488 g/mol. The van der Waals surface area contributed by atoms with E-state index in [0.717, 1.165) is 11.8 Å². The van der Waals surface area contributed by atoms with Crippen LogP contribution in [-0.4, -0.2) is 25.1 Å². The first-order valence-corrected chi connectivity index (χ1v) is 13.4. The second-order valence-electron chi connectivity index (χ2n) is 11.0. The van der Waals surface area contributed by atoms with E-state index in [1.165, 1.54) is 66.7 Å². The lowest BCUT2D eigenvalue weighted by atomic mass is 9.42. The largest absolute Gasteiger partial charge is 0.497 e. The number of aryl methyl sites for hydroxylation is 1. The number of rotatable bonds is 6. The van der Waals surface area contributed by atoms with Gasteiger partial charge in [-0.05, 0) is 80.4 Å². The van der Waals surface area contributed by atoms with Crippen LogP contribution in [0.15, 0.2) is 47.8 Å². The summed E-state index contributed by atoms with van der Waals surface area (Å²) < 4.78 is 10.6. The molecule has 3 aromatic rings. The number of thiazole rings is 1. The molecule has 2 aromatic carbocycles. The van der Waals surface area contributed by atoms with Crippen molar-refractivity contribution in [3.8, 4) is 11.5 Å². The van der Waals surface area contributed by atoms with Crippen LogP contribution in [0, 0.1) is 18.8 Å². The fourth-order valence-electron chi connectivity index (χ4n) is 7.49. The predicted octanol–water partition coefficient (Wildman–Crippen LogP) is 6.51. The normalized spacial score (nSPS) is 28.7. The molecule has 0 radical (unpaired) electrons. The van der Waals surface area contributed by atoms with Crippen molar-refractivity contribution in [3.05, 3.63) is 70.2 Å². The molecule has 4 aliphatic carbocycles. The Balaban J connectivity index is 1.27. The number of benzene rings is 2. The first-order valence-electron chi connectivity index (χ1n) is 12.5. The molecule has 5 nitrogen and oxygen atoms in total. The zero-order valence-electron chi connectivity index (χ0n) is 20.6. The maximum atomic E-state index is 13.0. The first-order chi connectivity index (χ1) is 16.9. The minimum Gasteiger partial charge on any atom is -0.497 e. The van der Waals surface area contributed by atoms with E-state index in [9.17, 15) is 4.79 Å². The highest BCUT2D eigenvalue weighted by molar-refractivity contribution is 7.14. The third-order valence-corrected chi connectivity index (χ3v) is 9.36. The van der Waals surface area contributed by atoms with Crippen LogP contribution in [-0.2, 0) is 10.8 Å². The number of ether oxygens (including phenoxy) is 2. The highest BCUT2D eigenvalue weighted by atomic mass is 32.1. The second kappa shape index (κ2) is 8.37. The van der Waals surface area contributed by atoms with Gasteiger partial charge in [0, 0.05) is 22.4 Å². The van der Waals surface area contributed by atoms with E-state index in [0.29, 0.717) is 22.2 Å². The fraction of sp³-hybridized carbons (Fsp3) is 0.448. The Kier molecular flexibility index (Phi) is 5.40. The third-order valence-electron chi connectivity index (χ3n) is 8.61. The molecule has 1 heterocycles. The molecule has 6 heteroatoms. The smallest absolute Gasteiger partial charge is 0.257 e. The summed E-state index contributed by atoms with van der Waals surface area (Å²) >= 11 is 1.53. The molecule has 0 spiro atoms. The van der Waals surface area contributed by atoms with E-state index >= 15 is 0 Å². The maximum Gasteiger partial charge on any atom is 0.257 e. The Morgan fingerprint density at radius 2 is 1.60 bits per heavy atom. The summed E-state index contributed by atoms with van der Waals surface area (Å²) in [4.78, 5) is 18.0. The number of amides is 1. The lowest BCUT2D eigenvalue weighted by Crippen LogP contribution is -2.56. The number of hydrogen-bond donors (Lipinski definition) is 1. The average Bonchev–Trinajstić information content (AvgIpc) is 3.32. The van der Waals surface area contributed by atoms with Gasteiger partial charge in [0.15, 0.2) is 5.13 Å². The fourth-order valence-corrected chi connectivity index (χ4v) is 8.32.